The number of nitrogens with zero attached hydrogens (tertiary/aromatic N) is 3. The van der Waals surface area contributed by atoms with Gasteiger partial charge in [-0.15, -0.1) is 0 Å². The molecular formula is C22H31N3O2. The van der Waals surface area contributed by atoms with Gasteiger partial charge < -0.3 is 14.4 Å². The van der Waals surface area contributed by atoms with Gasteiger partial charge in [-0.3, -0.25) is 9.59 Å². The molecule has 0 N–H and O–H groups in total. The van der Waals surface area contributed by atoms with Gasteiger partial charge >= 0.3 is 0 Å². The van der Waals surface area contributed by atoms with Crippen LogP contribution in [0.3, 0.4) is 0 Å². The average Bonchev–Trinajstić information content (AvgIpc) is 3.13. The van der Waals surface area contributed by atoms with Crippen molar-refractivity contribution < 1.29 is 9.59 Å². The molecule has 1 fully saturated rings. The van der Waals surface area contributed by atoms with Crippen LogP contribution in [0.4, 0.5) is 0 Å². The van der Waals surface area contributed by atoms with Crippen LogP contribution in [0.1, 0.15) is 39.0 Å². The minimum absolute atomic E-state index is 0.0734. The summed E-state index contributed by atoms with van der Waals surface area (Å²) in [4.78, 5) is 28.9. The minimum Gasteiger partial charge on any atom is -0.347 e. The molecule has 0 unspecified atom stereocenters. The van der Waals surface area contributed by atoms with E-state index in [9.17, 15) is 9.59 Å². The first kappa shape index (κ1) is 19.5. The smallest absolute Gasteiger partial charge is 0.225 e. The Balaban J connectivity index is 1.46. The zero-order valence-corrected chi connectivity index (χ0v) is 16.6. The fraction of sp³-hybridized carbons (Fsp3) is 0.545. The second-order valence-corrected chi connectivity index (χ2v) is 7.59. The van der Waals surface area contributed by atoms with Crippen molar-refractivity contribution in [2.45, 2.75) is 45.6 Å². The maximum absolute atomic E-state index is 12.6. The van der Waals surface area contributed by atoms with E-state index in [1.54, 1.807) is 0 Å². The number of hydrogen-bond acceptors (Lipinski definition) is 2. The first-order chi connectivity index (χ1) is 13.1. The van der Waals surface area contributed by atoms with Crippen molar-refractivity contribution in [2.75, 3.05) is 26.7 Å². The summed E-state index contributed by atoms with van der Waals surface area (Å²) >= 11 is 0. The lowest BCUT2D eigenvalue weighted by Crippen LogP contribution is -2.43. The van der Waals surface area contributed by atoms with Crippen molar-refractivity contribution in [3.8, 4) is 0 Å². The van der Waals surface area contributed by atoms with Gasteiger partial charge in [0, 0.05) is 57.3 Å². The number of likely N-dealkylation sites (tertiary alicyclic amines) is 1. The second kappa shape index (κ2) is 9.07. The number of benzene rings is 1. The molecule has 0 saturated carbocycles. The molecule has 1 saturated heterocycles. The summed E-state index contributed by atoms with van der Waals surface area (Å²) in [6.07, 6.45) is 6.28. The van der Waals surface area contributed by atoms with Crippen molar-refractivity contribution in [1.82, 2.24) is 14.4 Å². The number of carbonyl (C=O) groups is 2. The highest BCUT2D eigenvalue weighted by Crippen LogP contribution is 2.21. The van der Waals surface area contributed by atoms with E-state index in [0.717, 1.165) is 32.2 Å². The summed E-state index contributed by atoms with van der Waals surface area (Å²) in [5, 5.41) is 1.21. The van der Waals surface area contributed by atoms with Gasteiger partial charge in [0.25, 0.3) is 0 Å². The van der Waals surface area contributed by atoms with Crippen LogP contribution in [-0.4, -0.2) is 52.9 Å². The molecule has 1 aromatic heterocycles. The largest absolute Gasteiger partial charge is 0.347 e. The molecule has 0 aliphatic carbocycles. The number of aryl methyl sites for hydroxylation is 1. The first-order valence-electron chi connectivity index (χ1n) is 10.2. The van der Waals surface area contributed by atoms with Crippen LogP contribution in [0.2, 0.25) is 0 Å². The molecule has 0 radical (unpaired) electrons. The third-order valence-electron chi connectivity index (χ3n) is 5.67. The van der Waals surface area contributed by atoms with E-state index in [1.807, 2.05) is 29.0 Å². The van der Waals surface area contributed by atoms with Gasteiger partial charge in [0.1, 0.15) is 0 Å². The fourth-order valence-electron chi connectivity index (χ4n) is 3.90. The molecule has 0 spiro atoms. The highest BCUT2D eigenvalue weighted by Gasteiger charge is 2.28. The second-order valence-electron chi connectivity index (χ2n) is 7.59. The molecule has 3 rings (SSSR count). The van der Waals surface area contributed by atoms with Crippen LogP contribution in [0.25, 0.3) is 10.9 Å². The molecular weight excluding hydrogens is 338 g/mol. The van der Waals surface area contributed by atoms with Crippen LogP contribution in [0.15, 0.2) is 36.5 Å². The predicted octanol–water partition coefficient (Wildman–Crippen LogP) is 3.53. The Kier molecular flexibility index (Phi) is 6.54. The number of amides is 2. The van der Waals surface area contributed by atoms with Crippen LogP contribution in [0, 0.1) is 5.92 Å². The van der Waals surface area contributed by atoms with Crippen LogP contribution >= 0.6 is 0 Å². The van der Waals surface area contributed by atoms with Gasteiger partial charge in [0.2, 0.25) is 11.8 Å². The average molecular weight is 370 g/mol. The van der Waals surface area contributed by atoms with E-state index in [-0.39, 0.29) is 17.7 Å². The SMILES string of the molecule is CCCCN(C)C(=O)C1CCN(C(=O)CCn2ccc3ccccc32)CC1. The van der Waals surface area contributed by atoms with Crippen molar-refractivity contribution in [2.24, 2.45) is 5.92 Å². The molecule has 0 atom stereocenters. The molecule has 27 heavy (non-hydrogen) atoms. The van der Waals surface area contributed by atoms with Gasteiger partial charge in [0.15, 0.2) is 0 Å². The number of piperidine rings is 1. The highest BCUT2D eigenvalue weighted by atomic mass is 16.2. The maximum Gasteiger partial charge on any atom is 0.225 e. The van der Waals surface area contributed by atoms with Crippen LogP contribution in [0.5, 0.6) is 0 Å². The molecule has 1 aromatic carbocycles. The lowest BCUT2D eigenvalue weighted by molar-refractivity contribution is -0.140. The number of hydrogen-bond donors (Lipinski definition) is 0. The zero-order chi connectivity index (χ0) is 19.2. The number of rotatable bonds is 7. The molecule has 2 heterocycles. The summed E-state index contributed by atoms with van der Waals surface area (Å²) in [6, 6.07) is 10.3. The van der Waals surface area contributed by atoms with Gasteiger partial charge in [-0.1, -0.05) is 31.5 Å². The molecule has 5 heteroatoms. The van der Waals surface area contributed by atoms with E-state index in [2.05, 4.69) is 35.9 Å². The van der Waals surface area contributed by atoms with E-state index < -0.39 is 0 Å². The zero-order valence-electron chi connectivity index (χ0n) is 16.6. The number of carbonyl (C=O) groups excluding carboxylic acids is 2. The molecule has 2 amide bonds. The van der Waals surface area contributed by atoms with E-state index in [1.165, 1.54) is 10.9 Å². The van der Waals surface area contributed by atoms with Gasteiger partial charge in [0.05, 0.1) is 0 Å². The molecule has 5 nitrogen and oxygen atoms in total. The normalized spacial score (nSPS) is 15.3. The molecule has 2 aromatic rings. The molecule has 146 valence electrons. The summed E-state index contributed by atoms with van der Waals surface area (Å²) in [5.41, 5.74) is 1.17. The quantitative estimate of drug-likeness (QED) is 0.749. The van der Waals surface area contributed by atoms with Gasteiger partial charge in [-0.25, -0.2) is 0 Å². The number of para-hydroxylation sites is 1. The molecule has 0 bridgehead atoms. The van der Waals surface area contributed by atoms with Gasteiger partial charge in [-0.2, -0.15) is 0 Å². The first-order valence-corrected chi connectivity index (χ1v) is 10.2. The summed E-state index contributed by atoms with van der Waals surface area (Å²) in [7, 11) is 1.90. The maximum atomic E-state index is 12.6. The Labute approximate surface area is 161 Å². The summed E-state index contributed by atoms with van der Waals surface area (Å²) in [5.74, 6) is 0.511. The lowest BCUT2D eigenvalue weighted by atomic mass is 9.95. The van der Waals surface area contributed by atoms with E-state index in [0.29, 0.717) is 26.1 Å². The van der Waals surface area contributed by atoms with Crippen molar-refractivity contribution in [1.29, 1.82) is 0 Å². The monoisotopic (exact) mass is 369 g/mol. The third-order valence-corrected chi connectivity index (χ3v) is 5.67. The van der Waals surface area contributed by atoms with Crippen LogP contribution < -0.4 is 0 Å². The lowest BCUT2D eigenvalue weighted by Gasteiger charge is -2.33. The third kappa shape index (κ3) is 4.71. The Bertz CT molecular complexity index is 775. The Morgan fingerprint density at radius 2 is 1.89 bits per heavy atom. The topological polar surface area (TPSA) is 45.6 Å². The van der Waals surface area contributed by atoms with Crippen molar-refractivity contribution in [3.05, 3.63) is 36.5 Å². The number of unbranched alkanes of at least 4 members (excludes halogenated alkanes) is 1. The predicted molar refractivity (Wildman–Crippen MR) is 108 cm³/mol. The fourth-order valence-corrected chi connectivity index (χ4v) is 3.90. The Hall–Kier alpha value is -2.30. The molecule has 1 aliphatic heterocycles. The highest BCUT2D eigenvalue weighted by molar-refractivity contribution is 5.81. The van der Waals surface area contributed by atoms with E-state index >= 15 is 0 Å². The van der Waals surface area contributed by atoms with Crippen molar-refractivity contribution in [3.63, 3.8) is 0 Å². The van der Waals surface area contributed by atoms with Gasteiger partial charge in [-0.05, 0) is 36.8 Å². The van der Waals surface area contributed by atoms with Crippen LogP contribution in [-0.2, 0) is 16.1 Å². The number of aromatic nitrogens is 1. The van der Waals surface area contributed by atoms with Crippen molar-refractivity contribution >= 4 is 22.7 Å². The summed E-state index contributed by atoms with van der Waals surface area (Å²) < 4.78 is 2.15. The Morgan fingerprint density at radius 3 is 2.63 bits per heavy atom. The standard InChI is InChI=1S/C22H31N3O2/c1-3-4-13-23(2)22(27)19-10-15-25(16-11-19)21(26)12-17-24-14-9-18-7-5-6-8-20(18)24/h5-9,14,19H,3-4,10-13,15-17H2,1-2H3. The molecule has 1 aliphatic rings. The minimum atomic E-state index is 0.0734. The number of fused-ring (bicyclic) bond motifs is 1. The summed E-state index contributed by atoms with van der Waals surface area (Å²) in [6.45, 7) is 5.07. The van der Waals surface area contributed by atoms with E-state index in [4.69, 9.17) is 0 Å². The Morgan fingerprint density at radius 1 is 1.15 bits per heavy atom.